The Labute approximate surface area is 142 Å². The van der Waals surface area contributed by atoms with E-state index >= 15 is 0 Å². The predicted octanol–water partition coefficient (Wildman–Crippen LogP) is 3.77. The third-order valence-corrected chi connectivity index (χ3v) is 5.19. The molecule has 0 aliphatic rings. The molecule has 0 spiro atoms. The van der Waals surface area contributed by atoms with Gasteiger partial charge in [0.15, 0.2) is 0 Å². The van der Waals surface area contributed by atoms with Crippen LogP contribution in [0.3, 0.4) is 0 Å². The van der Waals surface area contributed by atoms with Gasteiger partial charge in [-0.25, -0.2) is 4.98 Å². The summed E-state index contributed by atoms with van der Waals surface area (Å²) in [7, 11) is 1.59. The van der Waals surface area contributed by atoms with Gasteiger partial charge in [0, 0.05) is 34.8 Å². The second-order valence-corrected chi connectivity index (χ2v) is 6.65. The summed E-state index contributed by atoms with van der Waals surface area (Å²) in [6.07, 6.45) is 3.48. The average molecular weight is 345 g/mol. The SMILES string of the molecule is COc1csc(C(=O)NC(C)c2nc(-c3ccncc3)cs2)c1. The van der Waals surface area contributed by atoms with Crippen molar-refractivity contribution in [1.82, 2.24) is 15.3 Å². The fraction of sp³-hybridized carbons (Fsp3) is 0.188. The van der Waals surface area contributed by atoms with E-state index in [1.54, 1.807) is 25.6 Å². The first kappa shape index (κ1) is 15.6. The molecule has 3 rings (SSSR count). The van der Waals surface area contributed by atoms with Crippen molar-refractivity contribution in [3.63, 3.8) is 0 Å². The number of amides is 1. The van der Waals surface area contributed by atoms with Crippen molar-refractivity contribution in [2.45, 2.75) is 13.0 Å². The second-order valence-electron chi connectivity index (χ2n) is 4.85. The molecular weight excluding hydrogens is 330 g/mol. The van der Waals surface area contributed by atoms with Crippen LogP contribution in [-0.4, -0.2) is 23.0 Å². The average Bonchev–Trinajstić information content (AvgIpc) is 3.25. The molecule has 1 atom stereocenters. The van der Waals surface area contributed by atoms with Crippen molar-refractivity contribution in [3.8, 4) is 17.0 Å². The number of rotatable bonds is 5. The maximum atomic E-state index is 12.2. The summed E-state index contributed by atoms with van der Waals surface area (Å²) in [5, 5.41) is 7.63. The summed E-state index contributed by atoms with van der Waals surface area (Å²) in [5.74, 6) is 0.577. The van der Waals surface area contributed by atoms with E-state index < -0.39 is 0 Å². The van der Waals surface area contributed by atoms with Crippen molar-refractivity contribution in [2.24, 2.45) is 0 Å². The summed E-state index contributed by atoms with van der Waals surface area (Å²) in [6, 6.07) is 5.41. The fourth-order valence-electron chi connectivity index (χ4n) is 2.02. The van der Waals surface area contributed by atoms with E-state index in [-0.39, 0.29) is 11.9 Å². The van der Waals surface area contributed by atoms with Crippen LogP contribution in [0.25, 0.3) is 11.3 Å². The Hall–Kier alpha value is -2.25. The molecule has 3 aromatic heterocycles. The van der Waals surface area contributed by atoms with Crippen LogP contribution in [0.2, 0.25) is 0 Å². The van der Waals surface area contributed by atoms with Crippen LogP contribution in [0.4, 0.5) is 0 Å². The van der Waals surface area contributed by atoms with Gasteiger partial charge in [-0.2, -0.15) is 0 Å². The van der Waals surface area contributed by atoms with Gasteiger partial charge in [-0.3, -0.25) is 9.78 Å². The zero-order valence-corrected chi connectivity index (χ0v) is 14.3. The van der Waals surface area contributed by atoms with Crippen molar-refractivity contribution in [2.75, 3.05) is 7.11 Å². The maximum Gasteiger partial charge on any atom is 0.262 e. The molecule has 0 aliphatic heterocycles. The molecule has 1 amide bonds. The van der Waals surface area contributed by atoms with Crippen molar-refractivity contribution in [3.05, 3.63) is 51.2 Å². The minimum atomic E-state index is -0.156. The third-order valence-electron chi connectivity index (χ3n) is 3.25. The van der Waals surface area contributed by atoms with Crippen molar-refractivity contribution in [1.29, 1.82) is 0 Å². The molecular formula is C16H15N3O2S2. The van der Waals surface area contributed by atoms with Gasteiger partial charge in [0.25, 0.3) is 5.91 Å². The summed E-state index contributed by atoms with van der Waals surface area (Å²) >= 11 is 2.89. The van der Waals surface area contributed by atoms with Crippen molar-refractivity contribution < 1.29 is 9.53 Å². The van der Waals surface area contributed by atoms with E-state index in [1.807, 2.05) is 29.8 Å². The van der Waals surface area contributed by atoms with Crippen LogP contribution in [0, 0.1) is 0 Å². The zero-order chi connectivity index (χ0) is 16.2. The molecule has 0 saturated carbocycles. The number of nitrogens with zero attached hydrogens (tertiary/aromatic N) is 2. The second kappa shape index (κ2) is 6.89. The molecule has 3 heterocycles. The molecule has 0 bridgehead atoms. The molecule has 23 heavy (non-hydrogen) atoms. The molecule has 0 radical (unpaired) electrons. The first-order valence-electron chi connectivity index (χ1n) is 6.96. The lowest BCUT2D eigenvalue weighted by atomic mass is 10.2. The van der Waals surface area contributed by atoms with Crippen LogP contribution in [0.5, 0.6) is 5.75 Å². The highest BCUT2D eigenvalue weighted by Crippen LogP contribution is 2.26. The van der Waals surface area contributed by atoms with Crippen LogP contribution in [0.15, 0.2) is 41.4 Å². The number of ether oxygens (including phenoxy) is 1. The largest absolute Gasteiger partial charge is 0.496 e. The quantitative estimate of drug-likeness (QED) is 0.764. The Morgan fingerprint density at radius 2 is 2.04 bits per heavy atom. The first-order chi connectivity index (χ1) is 11.2. The predicted molar refractivity (Wildman–Crippen MR) is 92.1 cm³/mol. The number of hydrogen-bond acceptors (Lipinski definition) is 6. The van der Waals surface area contributed by atoms with E-state index in [0.717, 1.165) is 16.3 Å². The molecule has 3 aromatic rings. The number of nitrogens with one attached hydrogen (secondary N) is 1. The van der Waals surface area contributed by atoms with Crippen LogP contribution in [-0.2, 0) is 0 Å². The molecule has 0 saturated heterocycles. The van der Waals surface area contributed by atoms with Gasteiger partial charge in [0.05, 0.1) is 23.7 Å². The van der Waals surface area contributed by atoms with E-state index in [9.17, 15) is 4.79 Å². The monoisotopic (exact) mass is 345 g/mol. The Morgan fingerprint density at radius 3 is 2.74 bits per heavy atom. The molecule has 118 valence electrons. The lowest BCUT2D eigenvalue weighted by Crippen LogP contribution is -2.25. The summed E-state index contributed by atoms with van der Waals surface area (Å²) < 4.78 is 5.10. The van der Waals surface area contributed by atoms with Crippen molar-refractivity contribution >= 4 is 28.6 Å². The Kier molecular flexibility index (Phi) is 4.68. The van der Waals surface area contributed by atoms with Gasteiger partial charge in [0.1, 0.15) is 10.8 Å². The van der Waals surface area contributed by atoms with E-state index in [0.29, 0.717) is 10.6 Å². The highest BCUT2D eigenvalue weighted by molar-refractivity contribution is 7.12. The van der Waals surface area contributed by atoms with E-state index in [2.05, 4.69) is 15.3 Å². The molecule has 0 aliphatic carbocycles. The van der Waals surface area contributed by atoms with Gasteiger partial charge < -0.3 is 10.1 Å². The first-order valence-corrected chi connectivity index (χ1v) is 8.72. The van der Waals surface area contributed by atoms with Crippen LogP contribution >= 0.6 is 22.7 Å². The van der Waals surface area contributed by atoms with Crippen LogP contribution in [0.1, 0.15) is 27.6 Å². The van der Waals surface area contributed by atoms with Gasteiger partial charge in [0.2, 0.25) is 0 Å². The summed E-state index contributed by atoms with van der Waals surface area (Å²) in [6.45, 7) is 1.93. The molecule has 1 N–H and O–H groups in total. The van der Waals surface area contributed by atoms with Gasteiger partial charge in [-0.15, -0.1) is 22.7 Å². The topological polar surface area (TPSA) is 64.1 Å². The van der Waals surface area contributed by atoms with Crippen LogP contribution < -0.4 is 10.1 Å². The van der Waals surface area contributed by atoms with Gasteiger partial charge >= 0.3 is 0 Å². The molecule has 5 nitrogen and oxygen atoms in total. The number of methoxy groups -OCH3 is 1. The van der Waals surface area contributed by atoms with Gasteiger partial charge in [-0.1, -0.05) is 0 Å². The molecule has 7 heteroatoms. The smallest absolute Gasteiger partial charge is 0.262 e. The molecule has 1 unspecified atom stereocenters. The molecule has 0 aromatic carbocycles. The number of carbonyl (C=O) groups is 1. The fourth-order valence-corrected chi connectivity index (χ4v) is 3.61. The Morgan fingerprint density at radius 1 is 1.26 bits per heavy atom. The lowest BCUT2D eigenvalue weighted by Gasteiger charge is -2.10. The summed E-state index contributed by atoms with van der Waals surface area (Å²) in [4.78, 5) is 21.5. The minimum absolute atomic E-state index is 0.119. The number of hydrogen-bond donors (Lipinski definition) is 1. The Balaban J connectivity index is 1.70. The van der Waals surface area contributed by atoms with E-state index in [1.165, 1.54) is 22.7 Å². The van der Waals surface area contributed by atoms with E-state index in [4.69, 9.17) is 4.74 Å². The number of thiazole rings is 1. The number of thiophene rings is 1. The number of carbonyl (C=O) groups excluding carboxylic acids is 1. The number of aromatic nitrogens is 2. The lowest BCUT2D eigenvalue weighted by molar-refractivity contribution is 0.0943. The highest BCUT2D eigenvalue weighted by Gasteiger charge is 2.16. The van der Waals surface area contributed by atoms with Gasteiger partial charge in [-0.05, 0) is 19.1 Å². The number of pyridine rings is 1. The Bertz CT molecular complexity index is 799. The standard InChI is InChI=1S/C16H15N3O2S2/c1-10(18-15(20)14-7-12(21-2)8-22-14)16-19-13(9-23-16)11-3-5-17-6-4-11/h3-10H,1-2H3,(H,18,20). The molecule has 0 fully saturated rings. The third kappa shape index (κ3) is 3.57. The normalized spacial score (nSPS) is 11.9. The minimum Gasteiger partial charge on any atom is -0.496 e. The highest BCUT2D eigenvalue weighted by atomic mass is 32.1. The summed E-state index contributed by atoms with van der Waals surface area (Å²) in [5.41, 5.74) is 1.91. The zero-order valence-electron chi connectivity index (χ0n) is 12.6. The maximum absolute atomic E-state index is 12.2.